The summed E-state index contributed by atoms with van der Waals surface area (Å²) < 4.78 is 31.4. The number of benzene rings is 5. The van der Waals surface area contributed by atoms with Crippen LogP contribution in [0.4, 0.5) is 14.9 Å². The van der Waals surface area contributed by atoms with E-state index >= 15 is 0 Å². The second kappa shape index (κ2) is 12.1. The number of methoxy groups -OCH3 is 1. The molecule has 0 saturated carbocycles. The van der Waals surface area contributed by atoms with Crippen molar-refractivity contribution >= 4 is 50.2 Å². The van der Waals surface area contributed by atoms with Gasteiger partial charge >= 0.3 is 5.97 Å². The summed E-state index contributed by atoms with van der Waals surface area (Å²) in [5.41, 5.74) is 0.574. The summed E-state index contributed by atoms with van der Waals surface area (Å²) in [6.45, 7) is 1.98. The predicted octanol–water partition coefficient (Wildman–Crippen LogP) is 8.83. The highest BCUT2D eigenvalue weighted by atomic mass is 32.2. The Bertz CT molecular complexity index is 1700. The van der Waals surface area contributed by atoms with E-state index in [1.54, 1.807) is 61.7 Å². The first-order valence-corrected chi connectivity index (χ1v) is 13.7. The summed E-state index contributed by atoms with van der Waals surface area (Å²) >= 11 is 1.13. The van der Waals surface area contributed by atoms with Crippen LogP contribution in [-0.4, -0.2) is 24.1 Å². The molecule has 202 valence electrons. The van der Waals surface area contributed by atoms with E-state index in [-0.39, 0.29) is 10.9 Å². The molecule has 0 aliphatic carbocycles. The normalized spacial score (nSPS) is 10.9. The highest BCUT2D eigenvalue weighted by Crippen LogP contribution is 2.32. The summed E-state index contributed by atoms with van der Waals surface area (Å²) in [5, 5.41) is 5.54. The lowest BCUT2D eigenvalue weighted by Crippen LogP contribution is -2.08. The number of carbonyl (C=O) groups excluding carboxylic acids is 2. The average molecular weight is 556 g/mol. The van der Waals surface area contributed by atoms with Crippen LogP contribution in [-0.2, 0) is 0 Å². The van der Waals surface area contributed by atoms with Crippen LogP contribution in [0, 0.1) is 5.82 Å². The van der Waals surface area contributed by atoms with Crippen LogP contribution in [0.15, 0.2) is 91.0 Å². The Morgan fingerprint density at radius 2 is 1.32 bits per heavy atom. The number of hydrogen-bond donors (Lipinski definition) is 1. The number of ether oxygens (including phenoxy) is 3. The standard InChI is InChI=1S/C32H26FNO5S/c1-3-14-40-32(36)34-30-19-23-8-12-27(17-24(23)18-29(30)33)38-26-11-6-22-16-28(13-7-21(22)15-26)39-31(35)20-4-9-25(37-2)10-5-20/h4-13,15-19H,3,14H2,1-2H3,(H,34,36). The number of rotatable bonds is 8. The van der Waals surface area contributed by atoms with E-state index in [1.165, 1.54) is 6.07 Å². The Labute approximate surface area is 235 Å². The largest absolute Gasteiger partial charge is 0.497 e. The number of esters is 1. The van der Waals surface area contributed by atoms with Crippen molar-refractivity contribution in [1.82, 2.24) is 0 Å². The fraction of sp³-hybridized carbons (Fsp3) is 0.125. The van der Waals surface area contributed by atoms with Gasteiger partial charge in [0.25, 0.3) is 5.24 Å². The van der Waals surface area contributed by atoms with Crippen molar-refractivity contribution < 1.29 is 28.2 Å². The zero-order valence-electron chi connectivity index (χ0n) is 21.9. The third-order valence-corrected chi connectivity index (χ3v) is 7.10. The zero-order chi connectivity index (χ0) is 28.1. The van der Waals surface area contributed by atoms with Crippen molar-refractivity contribution in [3.63, 3.8) is 0 Å². The average Bonchev–Trinajstić information content (AvgIpc) is 2.96. The van der Waals surface area contributed by atoms with E-state index in [0.717, 1.165) is 34.3 Å². The van der Waals surface area contributed by atoms with Crippen molar-refractivity contribution in [3.8, 4) is 23.0 Å². The number of anilines is 1. The first kappa shape index (κ1) is 27.0. The van der Waals surface area contributed by atoms with Crippen molar-refractivity contribution in [1.29, 1.82) is 0 Å². The molecule has 6 nitrogen and oxygen atoms in total. The van der Waals surface area contributed by atoms with Crippen LogP contribution >= 0.6 is 11.8 Å². The van der Waals surface area contributed by atoms with Crippen LogP contribution in [0.5, 0.6) is 23.0 Å². The Balaban J connectivity index is 1.28. The Morgan fingerprint density at radius 1 is 0.750 bits per heavy atom. The van der Waals surface area contributed by atoms with Gasteiger partial charge in [-0.1, -0.05) is 36.9 Å². The summed E-state index contributed by atoms with van der Waals surface area (Å²) in [6.07, 6.45) is 0.861. The maximum atomic E-state index is 14.7. The molecule has 0 atom stereocenters. The molecule has 0 saturated heterocycles. The van der Waals surface area contributed by atoms with E-state index < -0.39 is 11.8 Å². The van der Waals surface area contributed by atoms with E-state index in [0.29, 0.717) is 39.7 Å². The van der Waals surface area contributed by atoms with Gasteiger partial charge in [-0.2, -0.15) is 0 Å². The Morgan fingerprint density at radius 3 is 1.98 bits per heavy atom. The van der Waals surface area contributed by atoms with Crippen LogP contribution in [0.2, 0.25) is 0 Å². The molecule has 1 amide bonds. The maximum absolute atomic E-state index is 14.7. The molecule has 5 aromatic rings. The van der Waals surface area contributed by atoms with Gasteiger partial charge in [-0.25, -0.2) is 9.18 Å². The molecule has 0 heterocycles. The molecule has 8 heteroatoms. The van der Waals surface area contributed by atoms with Gasteiger partial charge in [0.1, 0.15) is 28.8 Å². The monoisotopic (exact) mass is 555 g/mol. The molecule has 0 aromatic heterocycles. The summed E-state index contributed by atoms with van der Waals surface area (Å²) in [6, 6.07) is 26.0. The molecule has 1 N–H and O–H groups in total. The molecule has 0 bridgehead atoms. The molecule has 0 aliphatic rings. The lowest BCUT2D eigenvalue weighted by atomic mass is 10.1. The van der Waals surface area contributed by atoms with Gasteiger partial charge in [-0.15, -0.1) is 0 Å². The molecule has 0 spiro atoms. The predicted molar refractivity (Wildman–Crippen MR) is 158 cm³/mol. The van der Waals surface area contributed by atoms with Crippen molar-refractivity contribution in [2.75, 3.05) is 18.2 Å². The summed E-state index contributed by atoms with van der Waals surface area (Å²) in [5.74, 6) is 1.95. The Hall–Kier alpha value is -4.56. The second-order valence-electron chi connectivity index (χ2n) is 8.99. The molecule has 40 heavy (non-hydrogen) atoms. The smallest absolute Gasteiger partial charge is 0.343 e. The van der Waals surface area contributed by atoms with E-state index in [4.69, 9.17) is 14.2 Å². The van der Waals surface area contributed by atoms with Crippen LogP contribution < -0.4 is 19.5 Å². The number of carbonyl (C=O) groups is 2. The second-order valence-corrected chi connectivity index (χ2v) is 10.1. The van der Waals surface area contributed by atoms with Crippen LogP contribution in [0.3, 0.4) is 0 Å². The molecule has 0 radical (unpaired) electrons. The van der Waals surface area contributed by atoms with E-state index in [1.807, 2.05) is 37.3 Å². The Kier molecular flexibility index (Phi) is 8.17. The molecule has 0 fully saturated rings. The molecule has 5 rings (SSSR count). The third-order valence-electron chi connectivity index (χ3n) is 6.13. The molecule has 0 aliphatic heterocycles. The van der Waals surface area contributed by atoms with Crippen molar-refractivity contribution in [2.45, 2.75) is 13.3 Å². The first-order valence-electron chi connectivity index (χ1n) is 12.7. The highest BCUT2D eigenvalue weighted by molar-refractivity contribution is 8.13. The van der Waals surface area contributed by atoms with Gasteiger partial charge in [-0.3, -0.25) is 4.79 Å². The minimum atomic E-state index is -0.510. The number of halogens is 1. The SMILES string of the molecule is CCCSC(=O)Nc1cc2ccc(Oc3ccc4cc(OC(=O)c5ccc(OC)cc5)ccc4c3)cc2cc1F. The lowest BCUT2D eigenvalue weighted by molar-refractivity contribution is 0.0735. The molecular weight excluding hydrogens is 529 g/mol. The van der Waals surface area contributed by atoms with Crippen LogP contribution in [0.1, 0.15) is 23.7 Å². The van der Waals surface area contributed by atoms with Gasteiger partial charge in [0.05, 0.1) is 18.4 Å². The molecule has 5 aromatic carbocycles. The molecule has 0 unspecified atom stereocenters. The maximum Gasteiger partial charge on any atom is 0.343 e. The fourth-order valence-electron chi connectivity index (χ4n) is 4.11. The van der Waals surface area contributed by atoms with Crippen molar-refractivity contribution in [2.24, 2.45) is 0 Å². The number of fused-ring (bicyclic) bond motifs is 2. The van der Waals surface area contributed by atoms with Crippen LogP contribution in [0.25, 0.3) is 21.5 Å². The van der Waals surface area contributed by atoms with Gasteiger partial charge in [0.15, 0.2) is 0 Å². The third kappa shape index (κ3) is 6.35. The minimum Gasteiger partial charge on any atom is -0.497 e. The highest BCUT2D eigenvalue weighted by Gasteiger charge is 2.12. The van der Waals surface area contributed by atoms with Crippen molar-refractivity contribution in [3.05, 3.63) is 102 Å². The number of amides is 1. The topological polar surface area (TPSA) is 73.9 Å². The van der Waals surface area contributed by atoms with E-state index in [9.17, 15) is 14.0 Å². The first-order chi connectivity index (χ1) is 19.4. The summed E-state index contributed by atoms with van der Waals surface area (Å²) in [7, 11) is 1.56. The van der Waals surface area contributed by atoms with Gasteiger partial charge < -0.3 is 19.5 Å². The summed E-state index contributed by atoms with van der Waals surface area (Å²) in [4.78, 5) is 24.5. The fourth-order valence-corrected chi connectivity index (χ4v) is 4.68. The minimum absolute atomic E-state index is 0.151. The number of nitrogens with one attached hydrogen (secondary N) is 1. The van der Waals surface area contributed by atoms with Gasteiger partial charge in [-0.05, 0) is 101 Å². The van der Waals surface area contributed by atoms with Gasteiger partial charge in [0.2, 0.25) is 0 Å². The van der Waals surface area contributed by atoms with Gasteiger partial charge in [0, 0.05) is 5.75 Å². The zero-order valence-corrected chi connectivity index (χ0v) is 22.7. The quantitative estimate of drug-likeness (QED) is 0.152. The number of hydrogen-bond acceptors (Lipinski definition) is 6. The van der Waals surface area contributed by atoms with E-state index in [2.05, 4.69) is 5.32 Å². The molecular formula is C32H26FNO5S. The lowest BCUT2D eigenvalue weighted by Gasteiger charge is -2.11. The number of thioether (sulfide) groups is 1.